The van der Waals surface area contributed by atoms with E-state index < -0.39 is 10.0 Å². The van der Waals surface area contributed by atoms with E-state index >= 15 is 0 Å². The van der Waals surface area contributed by atoms with Gasteiger partial charge in [-0.2, -0.15) is 5.26 Å². The van der Waals surface area contributed by atoms with Gasteiger partial charge in [0, 0.05) is 30.7 Å². The first-order chi connectivity index (χ1) is 13.0. The molecule has 0 saturated carbocycles. The first-order valence-corrected chi connectivity index (χ1v) is 10.4. The molecule has 142 valence electrons. The van der Waals surface area contributed by atoms with Gasteiger partial charge in [-0.05, 0) is 29.8 Å². The molecule has 1 unspecified atom stereocenters. The zero-order valence-electron chi connectivity index (χ0n) is 14.6. The van der Waals surface area contributed by atoms with E-state index in [1.165, 1.54) is 12.1 Å². The van der Waals surface area contributed by atoms with Crippen molar-refractivity contribution in [1.29, 1.82) is 5.26 Å². The van der Waals surface area contributed by atoms with Crippen molar-refractivity contribution in [2.45, 2.75) is 10.9 Å². The molecule has 0 aliphatic carbocycles. The lowest BCUT2D eigenvalue weighted by molar-refractivity contribution is 0.0172. The zero-order valence-corrected chi connectivity index (χ0v) is 16.2. The molecule has 1 fully saturated rings. The van der Waals surface area contributed by atoms with E-state index in [9.17, 15) is 8.42 Å². The molecule has 1 heterocycles. The second-order valence-electron chi connectivity index (χ2n) is 6.18. The van der Waals surface area contributed by atoms with Gasteiger partial charge in [0.15, 0.2) is 0 Å². The number of sulfonamides is 1. The fourth-order valence-corrected chi connectivity index (χ4v) is 4.42. The Bertz CT molecular complexity index is 937. The summed E-state index contributed by atoms with van der Waals surface area (Å²) >= 11 is 6.37. The number of ether oxygens (including phenoxy) is 1. The van der Waals surface area contributed by atoms with Crippen molar-refractivity contribution < 1.29 is 13.2 Å². The van der Waals surface area contributed by atoms with Gasteiger partial charge >= 0.3 is 0 Å². The molecule has 1 N–H and O–H groups in total. The van der Waals surface area contributed by atoms with Crippen LogP contribution in [0.15, 0.2) is 53.4 Å². The lowest BCUT2D eigenvalue weighted by Crippen LogP contribution is -2.43. The van der Waals surface area contributed by atoms with Crippen molar-refractivity contribution >= 4 is 21.6 Å². The van der Waals surface area contributed by atoms with E-state index in [-0.39, 0.29) is 17.5 Å². The minimum Gasteiger partial charge on any atom is -0.379 e. The van der Waals surface area contributed by atoms with Gasteiger partial charge in [-0.1, -0.05) is 35.9 Å². The summed E-state index contributed by atoms with van der Waals surface area (Å²) in [6.07, 6.45) is 0. The first kappa shape index (κ1) is 19.8. The quantitative estimate of drug-likeness (QED) is 0.798. The average Bonchev–Trinajstić information content (AvgIpc) is 2.70. The van der Waals surface area contributed by atoms with Gasteiger partial charge in [-0.15, -0.1) is 0 Å². The van der Waals surface area contributed by atoms with Gasteiger partial charge in [0.1, 0.15) is 0 Å². The van der Waals surface area contributed by atoms with Crippen LogP contribution in [0.3, 0.4) is 0 Å². The molecular weight excluding hydrogens is 386 g/mol. The smallest absolute Gasteiger partial charge is 0.240 e. The van der Waals surface area contributed by atoms with Crippen molar-refractivity contribution in [1.82, 2.24) is 9.62 Å². The van der Waals surface area contributed by atoms with Crippen LogP contribution in [0.4, 0.5) is 0 Å². The van der Waals surface area contributed by atoms with E-state index in [0.29, 0.717) is 36.9 Å². The summed E-state index contributed by atoms with van der Waals surface area (Å²) in [5.41, 5.74) is 1.17. The average molecular weight is 406 g/mol. The largest absolute Gasteiger partial charge is 0.379 e. The van der Waals surface area contributed by atoms with Gasteiger partial charge in [0.25, 0.3) is 0 Å². The molecule has 3 rings (SSSR count). The predicted octanol–water partition coefficient (Wildman–Crippen LogP) is 2.56. The van der Waals surface area contributed by atoms with E-state index in [2.05, 4.69) is 9.62 Å². The number of nitrogens with zero attached hydrogens (tertiary/aromatic N) is 2. The second kappa shape index (κ2) is 8.83. The van der Waals surface area contributed by atoms with Crippen LogP contribution in [-0.4, -0.2) is 46.2 Å². The van der Waals surface area contributed by atoms with Crippen LogP contribution in [0.2, 0.25) is 5.02 Å². The van der Waals surface area contributed by atoms with Crippen LogP contribution in [0.1, 0.15) is 17.2 Å². The van der Waals surface area contributed by atoms with Crippen molar-refractivity contribution in [3.63, 3.8) is 0 Å². The van der Waals surface area contributed by atoms with Crippen molar-refractivity contribution in [3.8, 4) is 6.07 Å². The van der Waals surface area contributed by atoms with Gasteiger partial charge in [0.05, 0.1) is 29.7 Å². The second-order valence-corrected chi connectivity index (χ2v) is 8.35. The Balaban J connectivity index is 1.83. The van der Waals surface area contributed by atoms with Gasteiger partial charge < -0.3 is 4.74 Å². The Morgan fingerprint density at radius 1 is 1.19 bits per heavy atom. The number of nitriles is 1. The van der Waals surface area contributed by atoms with Gasteiger partial charge in [0.2, 0.25) is 10.0 Å². The summed E-state index contributed by atoms with van der Waals surface area (Å²) in [5.74, 6) is 0. The highest BCUT2D eigenvalue weighted by Gasteiger charge is 2.26. The molecule has 0 radical (unpaired) electrons. The molecule has 0 amide bonds. The Morgan fingerprint density at radius 3 is 2.63 bits per heavy atom. The molecular formula is C19H20ClN3O3S. The van der Waals surface area contributed by atoms with Crippen molar-refractivity contribution in [2.24, 2.45) is 0 Å². The summed E-state index contributed by atoms with van der Waals surface area (Å²) in [7, 11) is -3.75. The number of rotatable bonds is 6. The van der Waals surface area contributed by atoms with Crippen LogP contribution < -0.4 is 4.72 Å². The highest BCUT2D eigenvalue weighted by Crippen LogP contribution is 2.28. The third-order valence-corrected chi connectivity index (χ3v) is 6.26. The monoisotopic (exact) mass is 405 g/mol. The van der Waals surface area contributed by atoms with Crippen LogP contribution in [0.5, 0.6) is 0 Å². The van der Waals surface area contributed by atoms with E-state index in [1.54, 1.807) is 18.2 Å². The maximum atomic E-state index is 12.7. The standard InChI is InChI=1S/C19H20ClN3O3S/c20-18-7-2-1-6-17(18)19(23-8-10-26-11-9-23)14-22-27(24,25)16-5-3-4-15(12-16)13-21/h1-7,12,19,22H,8-11,14H2. The van der Waals surface area contributed by atoms with E-state index in [0.717, 1.165) is 5.56 Å². The molecule has 1 atom stereocenters. The summed E-state index contributed by atoms with van der Waals surface area (Å²) in [4.78, 5) is 2.24. The first-order valence-electron chi connectivity index (χ1n) is 8.57. The molecule has 1 aliphatic rings. The summed E-state index contributed by atoms with van der Waals surface area (Å²) in [6.45, 7) is 2.75. The highest BCUT2D eigenvalue weighted by atomic mass is 35.5. The number of hydrogen-bond acceptors (Lipinski definition) is 5. The molecule has 6 nitrogen and oxygen atoms in total. The Kier molecular flexibility index (Phi) is 6.47. The SMILES string of the molecule is N#Cc1cccc(S(=O)(=O)NCC(c2ccccc2Cl)N2CCOCC2)c1. The number of morpholine rings is 1. The molecule has 0 spiro atoms. The summed E-state index contributed by atoms with van der Waals surface area (Å²) in [6, 6.07) is 15.2. The van der Waals surface area contributed by atoms with E-state index in [4.69, 9.17) is 21.6 Å². The summed E-state index contributed by atoms with van der Waals surface area (Å²) < 4.78 is 33.5. The van der Waals surface area contributed by atoms with Gasteiger partial charge in [-0.25, -0.2) is 13.1 Å². The predicted molar refractivity (Wildman–Crippen MR) is 103 cm³/mol. The lowest BCUT2D eigenvalue weighted by Gasteiger charge is -2.35. The Morgan fingerprint density at radius 2 is 1.93 bits per heavy atom. The third kappa shape index (κ3) is 4.86. The molecule has 2 aromatic rings. The highest BCUT2D eigenvalue weighted by molar-refractivity contribution is 7.89. The molecule has 2 aromatic carbocycles. The van der Waals surface area contributed by atoms with Crippen LogP contribution in [0.25, 0.3) is 0 Å². The molecule has 1 aliphatic heterocycles. The molecule has 8 heteroatoms. The van der Waals surface area contributed by atoms with Crippen LogP contribution in [-0.2, 0) is 14.8 Å². The number of halogens is 1. The zero-order chi connectivity index (χ0) is 19.3. The fourth-order valence-electron chi connectivity index (χ4n) is 3.08. The third-order valence-electron chi connectivity index (χ3n) is 4.49. The lowest BCUT2D eigenvalue weighted by atomic mass is 10.0. The maximum absolute atomic E-state index is 12.7. The van der Waals surface area contributed by atoms with Crippen molar-refractivity contribution in [2.75, 3.05) is 32.8 Å². The van der Waals surface area contributed by atoms with Gasteiger partial charge in [-0.3, -0.25) is 4.90 Å². The fraction of sp³-hybridized carbons (Fsp3) is 0.316. The Labute approximate surface area is 164 Å². The topological polar surface area (TPSA) is 82.4 Å². The molecule has 27 heavy (non-hydrogen) atoms. The maximum Gasteiger partial charge on any atom is 0.240 e. The van der Waals surface area contributed by atoms with Crippen LogP contribution in [0, 0.1) is 11.3 Å². The number of hydrogen-bond donors (Lipinski definition) is 1. The Hall–Kier alpha value is -1.95. The van der Waals surface area contributed by atoms with Crippen LogP contribution >= 0.6 is 11.6 Å². The van der Waals surface area contributed by atoms with Crippen molar-refractivity contribution in [3.05, 3.63) is 64.7 Å². The number of nitrogens with one attached hydrogen (secondary N) is 1. The van der Waals surface area contributed by atoms with E-state index in [1.807, 2.05) is 24.3 Å². The molecule has 1 saturated heterocycles. The minimum absolute atomic E-state index is 0.0708. The minimum atomic E-state index is -3.75. The molecule has 0 aromatic heterocycles. The molecule has 0 bridgehead atoms. The number of benzene rings is 2. The normalized spacial score (nSPS) is 16.6. The summed E-state index contributed by atoms with van der Waals surface area (Å²) in [5, 5.41) is 9.59.